The van der Waals surface area contributed by atoms with Gasteiger partial charge in [-0.15, -0.1) is 0 Å². The summed E-state index contributed by atoms with van der Waals surface area (Å²) in [7, 11) is -2.87. The molecule has 2 N–H and O–H groups in total. The van der Waals surface area contributed by atoms with Gasteiger partial charge in [0.2, 0.25) is 5.91 Å². The second kappa shape index (κ2) is 6.89. The summed E-state index contributed by atoms with van der Waals surface area (Å²) in [5, 5.41) is 5.96. The number of benzene rings is 1. The zero-order chi connectivity index (χ0) is 15.5. The van der Waals surface area contributed by atoms with Crippen LogP contribution in [0, 0.1) is 6.92 Å². The number of carbonyl (C=O) groups is 1. The van der Waals surface area contributed by atoms with E-state index in [1.165, 1.54) is 0 Å². The Hall–Kier alpha value is -0.920. The molecule has 0 aromatic heterocycles. The molecule has 1 fully saturated rings. The highest BCUT2D eigenvalue weighted by atomic mass is 79.9. The molecule has 1 atom stereocenters. The van der Waals surface area contributed by atoms with Gasteiger partial charge in [0.15, 0.2) is 9.84 Å². The van der Waals surface area contributed by atoms with Crippen molar-refractivity contribution >= 4 is 37.4 Å². The van der Waals surface area contributed by atoms with Gasteiger partial charge in [-0.3, -0.25) is 4.79 Å². The van der Waals surface area contributed by atoms with Crippen molar-refractivity contribution in [2.24, 2.45) is 0 Å². The third-order valence-corrected chi connectivity index (χ3v) is 6.12. The Morgan fingerprint density at radius 2 is 2.19 bits per heavy atom. The van der Waals surface area contributed by atoms with Gasteiger partial charge >= 0.3 is 0 Å². The van der Waals surface area contributed by atoms with Crippen LogP contribution in [-0.4, -0.2) is 38.4 Å². The monoisotopic (exact) mass is 374 g/mol. The molecule has 0 aliphatic carbocycles. The van der Waals surface area contributed by atoms with Crippen LogP contribution in [0.1, 0.15) is 18.4 Å². The molecule has 0 spiro atoms. The van der Waals surface area contributed by atoms with Crippen LogP contribution >= 0.6 is 15.9 Å². The Labute approximate surface area is 133 Å². The number of anilines is 1. The van der Waals surface area contributed by atoms with Gasteiger partial charge in [-0.2, -0.15) is 0 Å². The van der Waals surface area contributed by atoms with Gasteiger partial charge < -0.3 is 10.6 Å². The number of carbonyl (C=O) groups excluding carboxylic acids is 1. The molecule has 0 saturated carbocycles. The van der Waals surface area contributed by atoms with E-state index in [9.17, 15) is 13.2 Å². The van der Waals surface area contributed by atoms with E-state index in [1.54, 1.807) is 0 Å². The summed E-state index contributed by atoms with van der Waals surface area (Å²) in [5.41, 5.74) is 1.83. The highest BCUT2D eigenvalue weighted by Crippen LogP contribution is 2.20. The minimum absolute atomic E-state index is 0.0160. The van der Waals surface area contributed by atoms with Crippen molar-refractivity contribution in [3.63, 3.8) is 0 Å². The average Bonchev–Trinajstić information content (AvgIpc) is 2.73. The summed E-state index contributed by atoms with van der Waals surface area (Å²) in [4.78, 5) is 11.8. The van der Waals surface area contributed by atoms with Gasteiger partial charge in [-0.05, 0) is 37.1 Å². The number of hydrogen-bond donors (Lipinski definition) is 2. The summed E-state index contributed by atoms with van der Waals surface area (Å²) in [6, 6.07) is 5.62. The normalized spacial score (nSPS) is 20.4. The fourth-order valence-electron chi connectivity index (χ4n) is 2.29. The van der Waals surface area contributed by atoms with Crippen LogP contribution in [-0.2, 0) is 14.6 Å². The van der Waals surface area contributed by atoms with Crippen molar-refractivity contribution in [3.05, 3.63) is 28.2 Å². The number of sulfone groups is 1. The maximum absolute atomic E-state index is 11.8. The van der Waals surface area contributed by atoms with Crippen LogP contribution in [0.2, 0.25) is 0 Å². The average molecular weight is 375 g/mol. The first-order valence-electron chi connectivity index (χ1n) is 6.85. The number of aryl methyl sites for hydroxylation is 1. The van der Waals surface area contributed by atoms with Crippen LogP contribution in [0.15, 0.2) is 22.7 Å². The Bertz CT molecular complexity index is 631. The summed E-state index contributed by atoms with van der Waals surface area (Å²) in [6.07, 6.45) is 0.960. The fourth-order valence-corrected chi connectivity index (χ4v) is 4.25. The Kier molecular flexibility index (Phi) is 5.40. The Morgan fingerprint density at radius 1 is 1.43 bits per heavy atom. The fraction of sp³-hybridized carbons (Fsp3) is 0.500. The molecule has 1 aliphatic heterocycles. The standard InChI is InChI=1S/C14H19BrN2O3S/c1-10-8-11(2-3-13(10)15)17-14(18)4-6-16-12-5-7-21(19,20)9-12/h2-3,8,12,16H,4-7,9H2,1H3,(H,17,18). The topological polar surface area (TPSA) is 75.3 Å². The van der Waals surface area contributed by atoms with E-state index in [0.717, 1.165) is 15.7 Å². The van der Waals surface area contributed by atoms with E-state index < -0.39 is 9.84 Å². The van der Waals surface area contributed by atoms with Gasteiger partial charge in [0, 0.05) is 29.2 Å². The van der Waals surface area contributed by atoms with Crippen molar-refractivity contribution in [2.45, 2.75) is 25.8 Å². The molecule has 0 bridgehead atoms. The van der Waals surface area contributed by atoms with Crippen molar-refractivity contribution in [1.82, 2.24) is 5.32 Å². The van der Waals surface area contributed by atoms with E-state index in [1.807, 2.05) is 25.1 Å². The Balaban J connectivity index is 1.74. The summed E-state index contributed by atoms with van der Waals surface area (Å²) < 4.78 is 23.6. The zero-order valence-electron chi connectivity index (χ0n) is 11.9. The number of rotatable bonds is 5. The summed E-state index contributed by atoms with van der Waals surface area (Å²) >= 11 is 3.41. The van der Waals surface area contributed by atoms with E-state index >= 15 is 0 Å². The molecule has 1 amide bonds. The predicted octanol–water partition coefficient (Wildman–Crippen LogP) is 1.86. The van der Waals surface area contributed by atoms with Crippen LogP contribution in [0.25, 0.3) is 0 Å². The van der Waals surface area contributed by atoms with E-state index in [0.29, 0.717) is 19.4 Å². The number of amides is 1. The lowest BCUT2D eigenvalue weighted by atomic mass is 10.2. The maximum Gasteiger partial charge on any atom is 0.225 e. The van der Waals surface area contributed by atoms with Gasteiger partial charge in [0.05, 0.1) is 11.5 Å². The molecule has 21 heavy (non-hydrogen) atoms. The predicted molar refractivity (Wildman–Crippen MR) is 87.2 cm³/mol. The molecule has 5 nitrogen and oxygen atoms in total. The molecule has 2 rings (SSSR count). The largest absolute Gasteiger partial charge is 0.326 e. The first kappa shape index (κ1) is 16.5. The third kappa shape index (κ3) is 5.09. The minimum Gasteiger partial charge on any atom is -0.326 e. The maximum atomic E-state index is 11.8. The lowest BCUT2D eigenvalue weighted by Crippen LogP contribution is -2.32. The molecule has 1 unspecified atom stereocenters. The smallest absolute Gasteiger partial charge is 0.225 e. The van der Waals surface area contributed by atoms with Crippen molar-refractivity contribution in [3.8, 4) is 0 Å². The number of nitrogens with one attached hydrogen (secondary N) is 2. The molecular formula is C14H19BrN2O3S. The first-order chi connectivity index (χ1) is 9.85. The molecule has 1 aliphatic rings. The number of halogens is 1. The molecule has 0 radical (unpaired) electrons. The Morgan fingerprint density at radius 3 is 2.81 bits per heavy atom. The van der Waals surface area contributed by atoms with Crippen molar-refractivity contribution in [2.75, 3.05) is 23.4 Å². The van der Waals surface area contributed by atoms with E-state index in [4.69, 9.17) is 0 Å². The van der Waals surface area contributed by atoms with Crippen LogP contribution < -0.4 is 10.6 Å². The second-order valence-corrected chi connectivity index (χ2v) is 8.40. The minimum atomic E-state index is -2.87. The zero-order valence-corrected chi connectivity index (χ0v) is 14.3. The molecule has 116 valence electrons. The quantitative estimate of drug-likeness (QED) is 0.824. The van der Waals surface area contributed by atoms with Crippen LogP contribution in [0.5, 0.6) is 0 Å². The summed E-state index contributed by atoms with van der Waals surface area (Å²) in [6.45, 7) is 2.45. The lowest BCUT2D eigenvalue weighted by Gasteiger charge is -2.11. The van der Waals surface area contributed by atoms with Gasteiger partial charge in [0.1, 0.15) is 0 Å². The third-order valence-electron chi connectivity index (χ3n) is 3.46. The van der Waals surface area contributed by atoms with Gasteiger partial charge in [0.25, 0.3) is 0 Å². The number of hydrogen-bond acceptors (Lipinski definition) is 4. The van der Waals surface area contributed by atoms with Crippen LogP contribution in [0.3, 0.4) is 0 Å². The highest BCUT2D eigenvalue weighted by Gasteiger charge is 2.27. The molecule has 1 heterocycles. The van der Waals surface area contributed by atoms with Gasteiger partial charge in [-0.25, -0.2) is 8.42 Å². The molecule has 1 aromatic carbocycles. The van der Waals surface area contributed by atoms with Crippen molar-refractivity contribution in [1.29, 1.82) is 0 Å². The molecule has 1 aromatic rings. The lowest BCUT2D eigenvalue weighted by molar-refractivity contribution is -0.116. The first-order valence-corrected chi connectivity index (χ1v) is 9.47. The van der Waals surface area contributed by atoms with E-state index in [2.05, 4.69) is 26.6 Å². The summed E-state index contributed by atoms with van der Waals surface area (Å²) in [5.74, 6) is 0.348. The molecular weight excluding hydrogens is 356 g/mol. The molecule has 1 saturated heterocycles. The second-order valence-electron chi connectivity index (χ2n) is 5.32. The highest BCUT2D eigenvalue weighted by molar-refractivity contribution is 9.10. The van der Waals surface area contributed by atoms with Crippen molar-refractivity contribution < 1.29 is 13.2 Å². The van der Waals surface area contributed by atoms with Gasteiger partial charge in [-0.1, -0.05) is 15.9 Å². The SMILES string of the molecule is Cc1cc(NC(=O)CCNC2CCS(=O)(=O)C2)ccc1Br. The van der Waals surface area contributed by atoms with Crippen LogP contribution in [0.4, 0.5) is 5.69 Å². The molecule has 7 heteroatoms. The van der Waals surface area contributed by atoms with E-state index in [-0.39, 0.29) is 23.5 Å².